The van der Waals surface area contributed by atoms with Crippen molar-refractivity contribution >= 4 is 80.5 Å². The number of hydrogen-bond donors (Lipinski definition) is 0. The zero-order valence-corrected chi connectivity index (χ0v) is 78.6. The van der Waals surface area contributed by atoms with Gasteiger partial charge < -0.3 is 51.4 Å². The summed E-state index contributed by atoms with van der Waals surface area (Å²) in [4.78, 5) is 15.9. The van der Waals surface area contributed by atoms with Gasteiger partial charge in [-0.1, -0.05) is 302 Å². The van der Waals surface area contributed by atoms with Crippen LogP contribution in [0.15, 0.2) is 116 Å². The van der Waals surface area contributed by atoms with E-state index in [4.69, 9.17) is 85.0 Å². The molecule has 0 aliphatic heterocycles. The van der Waals surface area contributed by atoms with Gasteiger partial charge in [0.2, 0.25) is 0 Å². The van der Waals surface area contributed by atoms with E-state index in [1.54, 1.807) is 0 Å². The van der Waals surface area contributed by atoms with Gasteiger partial charge >= 0.3 is 107 Å². The minimum atomic E-state index is -1.62. The van der Waals surface area contributed by atoms with Gasteiger partial charge in [0.25, 0.3) is 0 Å². The molecule has 0 amide bonds. The van der Waals surface area contributed by atoms with E-state index >= 15 is 0 Å². The second-order valence-electron chi connectivity index (χ2n) is 33.3. The number of nitrogens with zero attached hydrogens (tertiary/aromatic N) is 3. The monoisotopic (exact) mass is 1660 g/mol. The van der Waals surface area contributed by atoms with Crippen LogP contribution < -0.4 is 0 Å². The Balaban J connectivity index is -0.00000131. The number of hydrogen-bond acceptors (Lipinski definition) is 3. The third-order valence-corrected chi connectivity index (χ3v) is 30.6. The van der Waals surface area contributed by atoms with Crippen molar-refractivity contribution in [3.63, 3.8) is 0 Å². The van der Waals surface area contributed by atoms with E-state index in [1.807, 2.05) is 6.08 Å². The molecule has 0 N–H and O–H groups in total. The van der Waals surface area contributed by atoms with Crippen LogP contribution in [0.2, 0.25) is 55.9 Å². The average Bonchev–Trinajstić information content (AvgIpc) is 1.64. The number of fused-ring (bicyclic) bond motifs is 3. The summed E-state index contributed by atoms with van der Waals surface area (Å²) in [6, 6.07) is 11.1. The van der Waals surface area contributed by atoms with E-state index in [2.05, 4.69) is 232 Å². The van der Waals surface area contributed by atoms with Gasteiger partial charge in [0, 0.05) is 19.8 Å². The molecular formula is C82H147Cl6N3O3Si3Ti3-6. The van der Waals surface area contributed by atoms with Crippen molar-refractivity contribution in [1.29, 1.82) is 0 Å². The Morgan fingerprint density at radius 2 is 0.730 bits per heavy atom. The molecule has 6 aliphatic carbocycles. The van der Waals surface area contributed by atoms with Crippen LogP contribution in [0.25, 0.3) is 14.9 Å². The van der Waals surface area contributed by atoms with Crippen molar-refractivity contribution in [3.8, 4) is 0 Å². The second kappa shape index (κ2) is 56.0. The van der Waals surface area contributed by atoms with Gasteiger partial charge in [-0.3, -0.25) is 0 Å². The van der Waals surface area contributed by atoms with E-state index in [-0.39, 0.29) is 52.0 Å². The molecule has 18 heteroatoms. The number of ether oxygens (including phenoxy) is 3. The molecule has 12 unspecified atom stereocenters. The molecule has 0 saturated heterocycles. The summed E-state index contributed by atoms with van der Waals surface area (Å²) in [6.07, 6.45) is 55.1. The van der Waals surface area contributed by atoms with Crippen molar-refractivity contribution < 1.29 is 65.3 Å². The van der Waals surface area contributed by atoms with E-state index in [1.165, 1.54) is 121 Å². The fourth-order valence-corrected chi connectivity index (χ4v) is 26.2. The Kier molecular flexibility index (Phi) is 59.3. The molecule has 0 radical (unpaired) electrons. The standard InChI is InChI=1S/C28H44NOSi.C25H46NOSi.C25H44NOSi.CH4.3CH3.6ClH.3Ti/c1-28(2,3)30-20-14-7-6-13-19-29-31(4,5)27-22-24(21-23-15-9-8-10-16-23)25-17-11-12-18-26(25)27;1-24(2,3)26-28(7,8)23-19-20(21-16-12-13-17-22(21)23)15-11-9-10-14-18-27-25(4,5)6;1-7-8-18-26-28(5,6)24-20-21(22-16-12-13-17-23(22)24)15-11-9-10-14-19-27-25(2,3)4;;;;;;;;;;;;;/h8-12,15-18,24-27H,6-7,13-14,19-22H2,1-5H3;12-13,16-17,20-23H,9-11,14-15,18-19H2,1-8H3;7,12-13,16-17,21-24H,1,8-11,14-15,18-20H2,2-6H3;1H4;3*1H3;6*1H;;;/q3*-1;;3*-1;;;;;;;3*+2/p-6. The number of benzene rings is 1. The summed E-state index contributed by atoms with van der Waals surface area (Å²) < 4.78 is 17.5. The molecule has 12 atom stereocenters. The molecule has 3 saturated carbocycles. The topological polar surface area (TPSA) is 70.0 Å². The average molecular weight is 1660 g/mol. The molecule has 0 bridgehead atoms. The Morgan fingerprint density at radius 3 is 1.07 bits per heavy atom. The number of halogens is 6. The molecule has 3 fully saturated rings. The predicted molar refractivity (Wildman–Crippen MR) is 451 cm³/mol. The molecule has 0 spiro atoms. The summed E-state index contributed by atoms with van der Waals surface area (Å²) in [5.74, 6) is 6.79. The Labute approximate surface area is 674 Å². The normalized spacial score (nSPS) is 23.8. The molecule has 0 aromatic heterocycles. The van der Waals surface area contributed by atoms with Crippen molar-refractivity contribution in [2.24, 2.45) is 53.3 Å². The first-order valence-corrected chi connectivity index (χ1v) is 58.7. The van der Waals surface area contributed by atoms with Gasteiger partial charge in [0.05, 0.1) is 16.8 Å². The van der Waals surface area contributed by atoms with Gasteiger partial charge in [-0.05, 0) is 160 Å². The Morgan fingerprint density at radius 1 is 0.430 bits per heavy atom. The van der Waals surface area contributed by atoms with Crippen LogP contribution in [-0.4, -0.2) is 80.0 Å². The van der Waals surface area contributed by atoms with Crippen LogP contribution in [0.4, 0.5) is 0 Å². The van der Waals surface area contributed by atoms with E-state index in [0.717, 1.165) is 97.4 Å². The fraction of sp³-hybridized carbons (Fsp3) is 0.720. The molecule has 6 nitrogen and oxygen atoms in total. The van der Waals surface area contributed by atoms with Crippen LogP contribution in [0, 0.1) is 75.5 Å². The van der Waals surface area contributed by atoms with Crippen LogP contribution in [0.3, 0.4) is 0 Å². The van der Waals surface area contributed by atoms with Crippen LogP contribution >= 0.6 is 55.8 Å². The number of rotatable bonds is 32. The van der Waals surface area contributed by atoms with E-state index in [0.29, 0.717) is 11.8 Å². The number of unbranched alkanes of at least 4 members (excludes halogenated alkanes) is 9. The molecule has 6 aliphatic rings. The minimum absolute atomic E-state index is 0. The first-order valence-electron chi connectivity index (χ1n) is 36.8. The fourth-order valence-electron chi connectivity index (χ4n) is 15.9. The van der Waals surface area contributed by atoms with Crippen LogP contribution in [0.5, 0.6) is 0 Å². The quantitative estimate of drug-likeness (QED) is 0.0312. The van der Waals surface area contributed by atoms with Crippen LogP contribution in [0.1, 0.15) is 212 Å². The molecule has 1 aromatic carbocycles. The maximum atomic E-state index is 5.85. The summed E-state index contributed by atoms with van der Waals surface area (Å²) in [5.41, 5.74) is 3.94. The molecule has 580 valence electrons. The summed E-state index contributed by atoms with van der Waals surface area (Å²) >= 11 is -1.67. The first-order chi connectivity index (χ1) is 45.1. The van der Waals surface area contributed by atoms with Crippen molar-refractivity contribution in [3.05, 3.63) is 159 Å². The third-order valence-electron chi connectivity index (χ3n) is 20.0. The van der Waals surface area contributed by atoms with Crippen molar-refractivity contribution in [2.45, 2.75) is 291 Å². The summed E-state index contributed by atoms with van der Waals surface area (Å²) in [7, 11) is 24.5. The molecule has 100 heavy (non-hydrogen) atoms. The van der Waals surface area contributed by atoms with Gasteiger partial charge in [0.1, 0.15) is 0 Å². The van der Waals surface area contributed by atoms with Crippen LogP contribution in [-0.2, 0) is 71.7 Å². The van der Waals surface area contributed by atoms with E-state index in [9.17, 15) is 0 Å². The SMILES string of the molecule is C.C=CCC[N-][Si](C)(C)C1CC(CCCCCCOC(C)(C)C)C2C=CC=CC21.CC(C)(C)OCCCCCC[N-][Si](C)(C)C1CC(Cc2ccccc2)C2C=CC=CC21.CC(C)(C)[N-][Si](C)(C)C1CC(CCCCCCOC(C)(C)C)C2C=CC=CC21.[CH3-].[CH3-].[CH3-].[Cl][Ti][Cl].[Cl][Ti][Cl].[Cl][Ti][Cl]. The van der Waals surface area contributed by atoms with Gasteiger partial charge in [-0.25, -0.2) is 0 Å². The number of allylic oxidation sites excluding steroid dienone is 12. The molecular weight excluding hydrogens is 1520 g/mol. The second-order valence-corrected chi connectivity index (χ2v) is 54.0. The maximum absolute atomic E-state index is 5.85. The zero-order chi connectivity index (χ0) is 72.1. The third kappa shape index (κ3) is 44.5. The first kappa shape index (κ1) is 106. The molecule has 1 aromatic rings. The van der Waals surface area contributed by atoms with Gasteiger partial charge in [0.15, 0.2) is 0 Å². The Hall–Kier alpha value is 1.69. The predicted octanol–water partition coefficient (Wildman–Crippen LogP) is 29.6. The Bertz CT molecular complexity index is 2390. The van der Waals surface area contributed by atoms with Gasteiger partial charge in [-0.15, -0.1) is 18.7 Å². The molecule has 7 rings (SSSR count). The van der Waals surface area contributed by atoms with E-state index < -0.39 is 75.8 Å². The molecule has 0 heterocycles. The summed E-state index contributed by atoms with van der Waals surface area (Å²) in [5, 5.41) is 0. The zero-order valence-electron chi connectivity index (χ0n) is 66.3. The van der Waals surface area contributed by atoms with Gasteiger partial charge in [-0.2, -0.15) is 6.54 Å². The van der Waals surface area contributed by atoms with Crippen molar-refractivity contribution in [1.82, 2.24) is 0 Å². The van der Waals surface area contributed by atoms with Crippen molar-refractivity contribution in [2.75, 3.05) is 32.9 Å². The summed E-state index contributed by atoms with van der Waals surface area (Å²) in [6.45, 7) is 49.6.